The van der Waals surface area contributed by atoms with Gasteiger partial charge in [-0.3, -0.25) is 4.79 Å². The van der Waals surface area contributed by atoms with Gasteiger partial charge in [-0.2, -0.15) is 0 Å². The van der Waals surface area contributed by atoms with Crippen molar-refractivity contribution < 1.29 is 13.6 Å². The van der Waals surface area contributed by atoms with Gasteiger partial charge < -0.3 is 15.5 Å². The van der Waals surface area contributed by atoms with E-state index in [2.05, 4.69) is 20.6 Å². The number of rotatable bonds is 6. The van der Waals surface area contributed by atoms with E-state index in [-0.39, 0.29) is 23.6 Å². The van der Waals surface area contributed by atoms with Crippen LogP contribution in [-0.2, 0) is 6.42 Å². The van der Waals surface area contributed by atoms with Crippen molar-refractivity contribution >= 4 is 17.5 Å². The lowest BCUT2D eigenvalue weighted by Crippen LogP contribution is -2.40. The number of anilines is 2. The van der Waals surface area contributed by atoms with Crippen molar-refractivity contribution in [2.45, 2.75) is 51.1 Å². The van der Waals surface area contributed by atoms with Gasteiger partial charge in [0.05, 0.1) is 0 Å². The predicted octanol–water partition coefficient (Wildman–Crippen LogP) is 3.54. The average molecular weight is 403 g/mol. The normalized spacial score (nSPS) is 18.9. The molecule has 1 amide bonds. The van der Waals surface area contributed by atoms with Gasteiger partial charge in [0, 0.05) is 44.2 Å². The number of amides is 1. The van der Waals surface area contributed by atoms with E-state index < -0.39 is 11.6 Å². The summed E-state index contributed by atoms with van der Waals surface area (Å²) in [6, 6.07) is 5.42. The SMILES string of the molecule is CCc1nc(NC2CCC(NC(=O)c3ccc(F)c(F)c3)CC2)cc(N(C)C)n1. The number of nitrogens with one attached hydrogen (secondary N) is 2. The van der Waals surface area contributed by atoms with Crippen LogP contribution in [-0.4, -0.2) is 42.1 Å². The Kier molecular flexibility index (Phi) is 6.61. The zero-order valence-corrected chi connectivity index (χ0v) is 17.0. The quantitative estimate of drug-likeness (QED) is 0.772. The van der Waals surface area contributed by atoms with Gasteiger partial charge in [0.2, 0.25) is 0 Å². The molecular weight excluding hydrogens is 376 g/mol. The molecule has 0 atom stereocenters. The summed E-state index contributed by atoms with van der Waals surface area (Å²) in [6.45, 7) is 2.03. The van der Waals surface area contributed by atoms with Crippen molar-refractivity contribution in [2.75, 3.05) is 24.3 Å². The molecule has 2 aromatic rings. The molecule has 8 heteroatoms. The Labute approximate surface area is 169 Å². The highest BCUT2D eigenvalue weighted by atomic mass is 19.2. The van der Waals surface area contributed by atoms with E-state index in [1.54, 1.807) is 0 Å². The van der Waals surface area contributed by atoms with Gasteiger partial charge in [-0.1, -0.05) is 6.92 Å². The second-order valence-electron chi connectivity index (χ2n) is 7.57. The van der Waals surface area contributed by atoms with Crippen molar-refractivity contribution in [3.63, 3.8) is 0 Å². The summed E-state index contributed by atoms with van der Waals surface area (Å²) in [6.07, 6.45) is 4.13. The summed E-state index contributed by atoms with van der Waals surface area (Å²) in [4.78, 5) is 23.3. The first kappa shape index (κ1) is 21.0. The molecule has 1 aliphatic rings. The van der Waals surface area contributed by atoms with Gasteiger partial charge in [-0.05, 0) is 43.9 Å². The van der Waals surface area contributed by atoms with Crippen molar-refractivity contribution in [1.82, 2.24) is 15.3 Å². The fourth-order valence-electron chi connectivity index (χ4n) is 3.44. The average Bonchev–Trinajstić information content (AvgIpc) is 2.71. The molecule has 0 bridgehead atoms. The monoisotopic (exact) mass is 403 g/mol. The van der Waals surface area contributed by atoms with Crippen LogP contribution in [0.3, 0.4) is 0 Å². The van der Waals surface area contributed by atoms with E-state index in [0.717, 1.165) is 61.7 Å². The highest BCUT2D eigenvalue weighted by Gasteiger charge is 2.23. The summed E-state index contributed by atoms with van der Waals surface area (Å²) in [5, 5.41) is 6.41. The van der Waals surface area contributed by atoms with Crippen LogP contribution >= 0.6 is 0 Å². The van der Waals surface area contributed by atoms with Gasteiger partial charge in [0.15, 0.2) is 11.6 Å². The summed E-state index contributed by atoms with van der Waals surface area (Å²) in [5.74, 6) is 0.132. The molecule has 1 aromatic carbocycles. The number of carbonyl (C=O) groups is 1. The van der Waals surface area contributed by atoms with Crippen molar-refractivity contribution in [2.24, 2.45) is 0 Å². The Hall–Kier alpha value is -2.77. The van der Waals surface area contributed by atoms with E-state index in [4.69, 9.17) is 0 Å². The van der Waals surface area contributed by atoms with E-state index in [1.165, 1.54) is 6.07 Å². The number of hydrogen-bond acceptors (Lipinski definition) is 5. The van der Waals surface area contributed by atoms with Crippen LogP contribution in [0.2, 0.25) is 0 Å². The number of aryl methyl sites for hydroxylation is 1. The number of carbonyl (C=O) groups excluding carboxylic acids is 1. The predicted molar refractivity (Wildman–Crippen MR) is 109 cm³/mol. The van der Waals surface area contributed by atoms with Crippen molar-refractivity contribution in [1.29, 1.82) is 0 Å². The van der Waals surface area contributed by atoms with Crippen LogP contribution in [0.15, 0.2) is 24.3 Å². The van der Waals surface area contributed by atoms with Crippen LogP contribution in [0.1, 0.15) is 48.8 Å². The third-order valence-corrected chi connectivity index (χ3v) is 5.13. The van der Waals surface area contributed by atoms with Gasteiger partial charge in [0.25, 0.3) is 5.91 Å². The number of hydrogen-bond donors (Lipinski definition) is 2. The van der Waals surface area contributed by atoms with Gasteiger partial charge in [-0.15, -0.1) is 0 Å². The molecule has 6 nitrogen and oxygen atoms in total. The molecule has 2 N–H and O–H groups in total. The molecule has 0 saturated heterocycles. The number of aromatic nitrogens is 2. The van der Waals surface area contributed by atoms with E-state index >= 15 is 0 Å². The molecule has 29 heavy (non-hydrogen) atoms. The molecule has 0 aliphatic heterocycles. The molecule has 1 aromatic heterocycles. The van der Waals surface area contributed by atoms with Crippen LogP contribution in [0.5, 0.6) is 0 Å². The largest absolute Gasteiger partial charge is 0.367 e. The third-order valence-electron chi connectivity index (χ3n) is 5.13. The molecule has 1 aliphatic carbocycles. The zero-order chi connectivity index (χ0) is 21.0. The Morgan fingerprint density at radius 1 is 1.07 bits per heavy atom. The lowest BCUT2D eigenvalue weighted by atomic mass is 9.91. The van der Waals surface area contributed by atoms with Gasteiger partial charge in [-0.25, -0.2) is 18.7 Å². The molecule has 1 saturated carbocycles. The smallest absolute Gasteiger partial charge is 0.251 e. The molecule has 156 valence electrons. The van der Waals surface area contributed by atoms with Crippen molar-refractivity contribution in [3.05, 3.63) is 47.3 Å². The van der Waals surface area contributed by atoms with E-state index in [9.17, 15) is 13.6 Å². The van der Waals surface area contributed by atoms with Crippen LogP contribution in [0.25, 0.3) is 0 Å². The Morgan fingerprint density at radius 3 is 2.38 bits per heavy atom. The standard InChI is InChI=1S/C21H27F2N5O/c1-4-18-26-19(12-20(27-18)28(2)3)24-14-6-8-15(9-7-14)25-21(29)13-5-10-16(22)17(23)11-13/h5,10-12,14-15H,4,6-9H2,1-3H3,(H,25,29)(H,24,26,27). The van der Waals surface area contributed by atoms with Crippen LogP contribution in [0.4, 0.5) is 20.4 Å². The second kappa shape index (κ2) is 9.15. The number of halogens is 2. The molecule has 0 spiro atoms. The summed E-state index contributed by atoms with van der Waals surface area (Å²) in [5.41, 5.74) is 0.133. The molecule has 0 unspecified atom stereocenters. The first-order chi connectivity index (χ1) is 13.9. The highest BCUT2D eigenvalue weighted by molar-refractivity contribution is 5.94. The second-order valence-corrected chi connectivity index (χ2v) is 7.57. The molecule has 0 radical (unpaired) electrons. The fraction of sp³-hybridized carbons (Fsp3) is 0.476. The number of nitrogens with zero attached hydrogens (tertiary/aromatic N) is 3. The lowest BCUT2D eigenvalue weighted by Gasteiger charge is -2.30. The first-order valence-electron chi connectivity index (χ1n) is 9.93. The maximum Gasteiger partial charge on any atom is 0.251 e. The highest BCUT2D eigenvalue weighted by Crippen LogP contribution is 2.23. The topological polar surface area (TPSA) is 70.2 Å². The maximum absolute atomic E-state index is 13.3. The van der Waals surface area contributed by atoms with Crippen LogP contribution in [0, 0.1) is 11.6 Å². The number of benzene rings is 1. The Morgan fingerprint density at radius 2 is 1.76 bits per heavy atom. The fourth-order valence-corrected chi connectivity index (χ4v) is 3.44. The summed E-state index contributed by atoms with van der Waals surface area (Å²) >= 11 is 0. The van der Waals surface area contributed by atoms with Gasteiger partial charge >= 0.3 is 0 Å². The Balaban J connectivity index is 1.55. The molecule has 1 heterocycles. The van der Waals surface area contributed by atoms with Gasteiger partial charge in [0.1, 0.15) is 17.5 Å². The lowest BCUT2D eigenvalue weighted by molar-refractivity contribution is 0.0926. The molecule has 3 rings (SSSR count). The summed E-state index contributed by atoms with van der Waals surface area (Å²) < 4.78 is 26.4. The molecular formula is C21H27F2N5O. The van der Waals surface area contributed by atoms with Crippen molar-refractivity contribution in [3.8, 4) is 0 Å². The first-order valence-corrected chi connectivity index (χ1v) is 9.93. The minimum atomic E-state index is -1.01. The Bertz CT molecular complexity index is 866. The van der Waals surface area contributed by atoms with E-state index in [1.807, 2.05) is 32.0 Å². The minimum Gasteiger partial charge on any atom is -0.367 e. The third kappa shape index (κ3) is 5.40. The molecule has 1 fully saturated rings. The van der Waals surface area contributed by atoms with Crippen LogP contribution < -0.4 is 15.5 Å². The maximum atomic E-state index is 13.3. The van der Waals surface area contributed by atoms with E-state index in [0.29, 0.717) is 0 Å². The summed E-state index contributed by atoms with van der Waals surface area (Å²) in [7, 11) is 3.90. The minimum absolute atomic E-state index is 0.0163. The zero-order valence-electron chi connectivity index (χ0n) is 17.0.